The maximum Gasteiger partial charge on any atom is 0.306 e. The van der Waals surface area contributed by atoms with Crippen molar-refractivity contribution in [2.45, 2.75) is 212 Å². The van der Waals surface area contributed by atoms with E-state index in [0.717, 1.165) is 70.6 Å². The summed E-state index contributed by atoms with van der Waals surface area (Å²) in [5.41, 5.74) is 0. The second kappa shape index (κ2) is 39.8. The largest absolute Gasteiger partial charge is 0.462 e. The van der Waals surface area contributed by atoms with Crippen LogP contribution in [0.25, 0.3) is 0 Å². The average molecular weight is 728 g/mol. The van der Waals surface area contributed by atoms with E-state index in [1.807, 2.05) is 42.5 Å². The third-order valence-corrected chi connectivity index (χ3v) is 9.49. The van der Waals surface area contributed by atoms with Gasteiger partial charge in [-0.05, 0) is 44.9 Å². The van der Waals surface area contributed by atoms with Gasteiger partial charge in [0.15, 0.2) is 0 Å². The highest BCUT2D eigenvalue weighted by atomic mass is 16.5. The molecule has 0 bridgehead atoms. The third kappa shape index (κ3) is 34.6. The van der Waals surface area contributed by atoms with E-state index in [1.54, 1.807) is 0 Å². The molecule has 1 amide bonds. The van der Waals surface area contributed by atoms with Crippen molar-refractivity contribution in [3.63, 3.8) is 0 Å². The first-order chi connectivity index (χ1) is 25.5. The Morgan fingerprint density at radius 1 is 0.577 bits per heavy atom. The molecule has 0 aliphatic heterocycles. The van der Waals surface area contributed by atoms with Crippen LogP contribution in [0.3, 0.4) is 0 Å². The Morgan fingerprint density at radius 3 is 1.56 bits per heavy atom. The number of carbonyl (C=O) groups excluding carboxylic acids is 2. The maximum absolute atomic E-state index is 13.0. The van der Waals surface area contributed by atoms with Crippen LogP contribution in [0.2, 0.25) is 0 Å². The lowest BCUT2D eigenvalue weighted by Crippen LogP contribution is -2.46. The smallest absolute Gasteiger partial charge is 0.306 e. The zero-order chi connectivity index (χ0) is 38.2. The highest BCUT2D eigenvalue weighted by molar-refractivity contribution is 5.77. The number of carbonyl (C=O) groups is 2. The summed E-state index contributed by atoms with van der Waals surface area (Å²) < 4.78 is 5.85. The van der Waals surface area contributed by atoms with Gasteiger partial charge in [0.05, 0.1) is 25.2 Å². The Balaban J connectivity index is 4.61. The Bertz CT molecular complexity index is 952. The number of unbranched alkanes of at least 4 members (excludes halogenated alkanes) is 19. The number of hydrogen-bond acceptors (Lipinski definition) is 5. The fourth-order valence-electron chi connectivity index (χ4n) is 6.21. The highest BCUT2D eigenvalue weighted by Gasteiger charge is 2.24. The minimum atomic E-state index is -0.792. The minimum absolute atomic E-state index is 0.0589. The third-order valence-electron chi connectivity index (χ3n) is 9.49. The van der Waals surface area contributed by atoms with Gasteiger partial charge in [-0.1, -0.05) is 197 Å². The molecule has 0 saturated heterocycles. The van der Waals surface area contributed by atoms with Crippen molar-refractivity contribution in [1.29, 1.82) is 0 Å². The molecule has 0 fully saturated rings. The number of allylic oxidation sites excluding steroid dienone is 10. The van der Waals surface area contributed by atoms with E-state index in [4.69, 9.17) is 4.74 Å². The summed E-state index contributed by atoms with van der Waals surface area (Å²) in [6, 6.07) is -0.707. The van der Waals surface area contributed by atoms with Crippen molar-refractivity contribution in [3.05, 3.63) is 60.8 Å². The molecule has 0 spiro atoms. The predicted octanol–water partition coefficient (Wildman–Crippen LogP) is 12.1. The molecule has 0 aromatic carbocycles. The second-order valence-corrected chi connectivity index (χ2v) is 14.5. The number of nitrogens with one attached hydrogen (secondary N) is 1. The first kappa shape index (κ1) is 49.6. The quantitative estimate of drug-likeness (QED) is 0.0336. The molecule has 0 radical (unpaired) electrons. The lowest BCUT2D eigenvalue weighted by Gasteiger charge is -2.24. The van der Waals surface area contributed by atoms with Crippen molar-refractivity contribution >= 4 is 11.9 Å². The van der Waals surface area contributed by atoms with Crippen LogP contribution in [0.5, 0.6) is 0 Å². The summed E-state index contributed by atoms with van der Waals surface area (Å²) in [7, 11) is 0. The molecule has 0 aliphatic carbocycles. The molecular formula is C46H81NO5. The highest BCUT2D eigenvalue weighted by Crippen LogP contribution is 2.17. The lowest BCUT2D eigenvalue weighted by atomic mass is 10.0. The molecule has 3 atom stereocenters. The Morgan fingerprint density at radius 2 is 1.04 bits per heavy atom. The summed E-state index contributed by atoms with van der Waals surface area (Å²) in [4.78, 5) is 25.8. The molecular weight excluding hydrogens is 647 g/mol. The molecule has 0 rings (SSSR count). The van der Waals surface area contributed by atoms with Crippen molar-refractivity contribution < 1.29 is 24.5 Å². The number of hydrogen-bond donors (Lipinski definition) is 3. The number of aliphatic hydroxyl groups is 2. The van der Waals surface area contributed by atoms with Gasteiger partial charge in [-0.15, -0.1) is 0 Å². The first-order valence-electron chi connectivity index (χ1n) is 21.6. The predicted molar refractivity (Wildman–Crippen MR) is 222 cm³/mol. The number of rotatable bonds is 37. The van der Waals surface area contributed by atoms with Gasteiger partial charge < -0.3 is 20.3 Å². The van der Waals surface area contributed by atoms with Gasteiger partial charge >= 0.3 is 5.97 Å². The number of esters is 1. The van der Waals surface area contributed by atoms with E-state index in [1.165, 1.54) is 77.0 Å². The van der Waals surface area contributed by atoms with Crippen LogP contribution < -0.4 is 5.32 Å². The van der Waals surface area contributed by atoms with Crippen LogP contribution in [0.4, 0.5) is 0 Å². The molecule has 0 heterocycles. The molecule has 0 aromatic heterocycles. The Labute approximate surface area is 320 Å². The monoisotopic (exact) mass is 728 g/mol. The average Bonchev–Trinajstić information content (AvgIpc) is 3.13. The van der Waals surface area contributed by atoms with E-state index >= 15 is 0 Å². The van der Waals surface area contributed by atoms with Crippen LogP contribution in [0, 0.1) is 0 Å². The molecule has 3 N–H and O–H groups in total. The van der Waals surface area contributed by atoms with Crippen LogP contribution >= 0.6 is 0 Å². The van der Waals surface area contributed by atoms with E-state index < -0.39 is 18.2 Å². The molecule has 0 aromatic rings. The van der Waals surface area contributed by atoms with Gasteiger partial charge in [0.25, 0.3) is 0 Å². The zero-order valence-corrected chi connectivity index (χ0v) is 33.9. The molecule has 6 nitrogen and oxygen atoms in total. The molecule has 0 aliphatic rings. The molecule has 0 saturated carbocycles. The standard InChI is InChI=1S/C46H81NO5/c1-4-7-10-13-16-19-21-22-23-24-25-27-30-33-36-39-46(51)52-42(37-34-31-28-18-15-12-9-6-3)40-45(50)47-43(41-48)44(49)38-35-32-29-26-20-17-14-11-8-5-2/h7,10,13,16,19,21-25,42-44,48-49H,4-6,8-9,11-12,14-15,17-18,20,26-41H2,1-3H3,(H,47,50)/b10-7+,16-13+,21-19-,23-22-,25-24+. The van der Waals surface area contributed by atoms with Crippen LogP contribution in [-0.2, 0) is 14.3 Å². The van der Waals surface area contributed by atoms with Crippen molar-refractivity contribution in [3.8, 4) is 0 Å². The normalized spacial score (nSPS) is 14.0. The van der Waals surface area contributed by atoms with Crippen LogP contribution in [-0.4, -0.2) is 46.9 Å². The first-order valence-corrected chi connectivity index (χ1v) is 21.6. The van der Waals surface area contributed by atoms with E-state index in [0.29, 0.717) is 19.3 Å². The van der Waals surface area contributed by atoms with Gasteiger partial charge in [0.1, 0.15) is 6.10 Å². The molecule has 3 unspecified atom stereocenters. The van der Waals surface area contributed by atoms with Crippen molar-refractivity contribution in [2.75, 3.05) is 6.61 Å². The number of ether oxygens (including phenoxy) is 1. The molecule has 300 valence electrons. The zero-order valence-electron chi connectivity index (χ0n) is 33.9. The summed E-state index contributed by atoms with van der Waals surface area (Å²) in [6.07, 6.45) is 47.1. The fraction of sp³-hybridized carbons (Fsp3) is 0.739. The summed E-state index contributed by atoms with van der Waals surface area (Å²) in [5.74, 6) is -0.531. The topological polar surface area (TPSA) is 95.9 Å². The number of aliphatic hydroxyl groups excluding tert-OH is 2. The second-order valence-electron chi connectivity index (χ2n) is 14.5. The molecule has 52 heavy (non-hydrogen) atoms. The Kier molecular flexibility index (Phi) is 37.9. The van der Waals surface area contributed by atoms with Gasteiger partial charge in [0, 0.05) is 6.42 Å². The lowest BCUT2D eigenvalue weighted by molar-refractivity contribution is -0.151. The van der Waals surface area contributed by atoms with Gasteiger partial charge in [0.2, 0.25) is 5.91 Å². The van der Waals surface area contributed by atoms with Crippen LogP contribution in [0.15, 0.2) is 60.8 Å². The summed E-state index contributed by atoms with van der Waals surface area (Å²) >= 11 is 0. The fourth-order valence-corrected chi connectivity index (χ4v) is 6.21. The molecule has 6 heteroatoms. The van der Waals surface area contributed by atoms with Crippen molar-refractivity contribution in [2.24, 2.45) is 0 Å². The van der Waals surface area contributed by atoms with Gasteiger partial charge in [-0.25, -0.2) is 0 Å². The van der Waals surface area contributed by atoms with Gasteiger partial charge in [-0.2, -0.15) is 0 Å². The number of amides is 1. The Hall–Kier alpha value is -2.44. The van der Waals surface area contributed by atoms with Gasteiger partial charge in [-0.3, -0.25) is 9.59 Å². The minimum Gasteiger partial charge on any atom is -0.462 e. The maximum atomic E-state index is 13.0. The van der Waals surface area contributed by atoms with Crippen LogP contribution in [0.1, 0.15) is 194 Å². The van der Waals surface area contributed by atoms with E-state index in [-0.39, 0.29) is 24.9 Å². The van der Waals surface area contributed by atoms with Crippen molar-refractivity contribution in [1.82, 2.24) is 5.32 Å². The summed E-state index contributed by atoms with van der Waals surface area (Å²) in [5, 5.41) is 23.5. The SMILES string of the molecule is CC/C=C/C=C/C=C\C=C/C=C/CCCCCC(=O)OC(CCCCCCCCCC)CC(=O)NC(CO)C(O)CCCCCCCCCCCC. The van der Waals surface area contributed by atoms with E-state index in [9.17, 15) is 19.8 Å². The summed E-state index contributed by atoms with van der Waals surface area (Å²) in [6.45, 7) is 6.27. The van der Waals surface area contributed by atoms with E-state index in [2.05, 4.69) is 44.3 Å².